The van der Waals surface area contributed by atoms with Crippen molar-refractivity contribution in [2.45, 2.75) is 37.3 Å². The number of phenols is 1. The number of allylic oxidation sites excluding steroid dienone is 1. The van der Waals surface area contributed by atoms with E-state index in [-0.39, 0.29) is 23.8 Å². The molecule has 4 aliphatic heterocycles. The lowest BCUT2D eigenvalue weighted by atomic mass is 9.72. The van der Waals surface area contributed by atoms with Crippen molar-refractivity contribution < 1.29 is 19.5 Å². The Bertz CT molecular complexity index is 807. The number of rotatable bonds is 1. The Labute approximate surface area is 152 Å². The Morgan fingerprint density at radius 2 is 2.31 bits per heavy atom. The van der Waals surface area contributed by atoms with Crippen molar-refractivity contribution >= 4 is 11.6 Å². The molecule has 6 rings (SSSR count). The third-order valence-corrected chi connectivity index (χ3v) is 6.93. The van der Waals surface area contributed by atoms with E-state index in [1.54, 1.807) is 12.1 Å². The lowest BCUT2D eigenvalue weighted by Crippen LogP contribution is -2.50. The highest BCUT2D eigenvalue weighted by atomic mass is 16.7. The smallest absolute Gasteiger partial charge is 0.264 e. The fourth-order valence-electron chi connectivity index (χ4n) is 5.69. The lowest BCUT2D eigenvalue weighted by Gasteiger charge is -2.42. The molecule has 138 valence electrons. The Balaban J connectivity index is 1.69. The molecule has 2 N–H and O–H groups in total. The van der Waals surface area contributed by atoms with Crippen LogP contribution >= 0.6 is 0 Å². The fraction of sp³-hybridized carbons (Fsp3) is 0.550. The van der Waals surface area contributed by atoms with Gasteiger partial charge < -0.3 is 15.2 Å². The number of piperidine rings is 1. The first-order chi connectivity index (χ1) is 12.6. The van der Waals surface area contributed by atoms with E-state index in [0.29, 0.717) is 30.6 Å². The highest BCUT2D eigenvalue weighted by Crippen LogP contribution is 2.56. The number of hydrogen-bond acceptors (Lipinski definition) is 5. The molecule has 1 amide bonds. The van der Waals surface area contributed by atoms with Crippen LogP contribution in [-0.4, -0.2) is 43.4 Å². The van der Waals surface area contributed by atoms with Crippen molar-refractivity contribution in [1.29, 1.82) is 0 Å². The number of amides is 1. The molecule has 6 nitrogen and oxygen atoms in total. The number of hydroxylamine groups is 1. The predicted octanol–water partition coefficient (Wildman–Crippen LogP) is 1.88. The molecule has 1 aliphatic carbocycles. The van der Waals surface area contributed by atoms with Gasteiger partial charge in [0.15, 0.2) is 0 Å². The van der Waals surface area contributed by atoms with Crippen molar-refractivity contribution in [3.63, 3.8) is 0 Å². The third kappa shape index (κ3) is 1.89. The van der Waals surface area contributed by atoms with Gasteiger partial charge in [-0.15, -0.1) is 0 Å². The Kier molecular flexibility index (Phi) is 3.48. The summed E-state index contributed by atoms with van der Waals surface area (Å²) in [5.74, 6) is 0.912. The van der Waals surface area contributed by atoms with Gasteiger partial charge in [0.05, 0.1) is 25.5 Å². The summed E-state index contributed by atoms with van der Waals surface area (Å²) >= 11 is 0. The zero-order valence-electron chi connectivity index (χ0n) is 15.1. The van der Waals surface area contributed by atoms with Gasteiger partial charge in [-0.05, 0) is 37.3 Å². The van der Waals surface area contributed by atoms with Gasteiger partial charge in [-0.25, -0.2) is 0 Å². The number of fused-ring (bicyclic) bond motifs is 2. The van der Waals surface area contributed by atoms with Crippen LogP contribution in [0.5, 0.6) is 5.75 Å². The monoisotopic (exact) mass is 356 g/mol. The van der Waals surface area contributed by atoms with Gasteiger partial charge in [0.1, 0.15) is 11.2 Å². The van der Waals surface area contributed by atoms with E-state index in [9.17, 15) is 9.90 Å². The van der Waals surface area contributed by atoms with Gasteiger partial charge in [-0.1, -0.05) is 17.7 Å². The van der Waals surface area contributed by atoms with Crippen LogP contribution in [0, 0.1) is 11.8 Å². The van der Waals surface area contributed by atoms with Gasteiger partial charge in [0.25, 0.3) is 5.91 Å². The molecule has 1 aromatic carbocycles. The van der Waals surface area contributed by atoms with E-state index in [4.69, 9.17) is 9.57 Å². The lowest BCUT2D eigenvalue weighted by molar-refractivity contribution is -0.137. The second kappa shape index (κ2) is 5.55. The van der Waals surface area contributed by atoms with Crippen LogP contribution in [0.4, 0.5) is 5.69 Å². The Morgan fingerprint density at radius 3 is 3.08 bits per heavy atom. The quantitative estimate of drug-likeness (QED) is 0.752. The minimum Gasteiger partial charge on any atom is -0.508 e. The van der Waals surface area contributed by atoms with E-state index in [2.05, 4.69) is 18.3 Å². The van der Waals surface area contributed by atoms with E-state index < -0.39 is 5.41 Å². The Hall–Kier alpha value is -1.89. The van der Waals surface area contributed by atoms with Gasteiger partial charge in [0, 0.05) is 24.6 Å². The standard InChI is InChI=1S/C20H24N2O4/c1-3-11-9-21-16-8-20(18-7-13(11)14(16)10-26-18)15-5-4-12(23)6-17(15)22(25-2)19(20)24/h3-6,13-14,16,18,21,23H,7-10H2,1-2H3/b11-3+. The maximum Gasteiger partial charge on any atom is 0.264 e. The maximum absolute atomic E-state index is 13.6. The molecule has 1 saturated carbocycles. The summed E-state index contributed by atoms with van der Waals surface area (Å²) < 4.78 is 6.29. The SMILES string of the molecule is C/C=C1\CNC2CC3(C(=O)N(OC)c4cc(O)ccc43)C3CC1C2CO3. The average Bonchev–Trinajstić information content (AvgIpc) is 2.74. The zero-order chi connectivity index (χ0) is 18.1. The van der Waals surface area contributed by atoms with Gasteiger partial charge in [-0.3, -0.25) is 9.63 Å². The van der Waals surface area contributed by atoms with Crippen molar-refractivity contribution in [3.05, 3.63) is 35.4 Å². The number of aromatic hydroxyl groups is 1. The van der Waals surface area contributed by atoms with Crippen molar-refractivity contribution in [2.75, 3.05) is 25.3 Å². The topological polar surface area (TPSA) is 71.0 Å². The second-order valence-electron chi connectivity index (χ2n) is 7.84. The highest BCUT2D eigenvalue weighted by molar-refractivity contribution is 6.07. The highest BCUT2D eigenvalue weighted by Gasteiger charge is 2.63. The molecule has 5 aliphatic rings. The number of ether oxygens (including phenoxy) is 1. The summed E-state index contributed by atoms with van der Waals surface area (Å²) in [6.07, 6.45) is 3.59. The number of phenolic OH excluding ortho intramolecular Hbond substituents is 1. The molecular weight excluding hydrogens is 332 g/mol. The molecule has 0 aromatic heterocycles. The molecule has 5 unspecified atom stereocenters. The van der Waals surface area contributed by atoms with Crippen LogP contribution in [0.15, 0.2) is 29.8 Å². The molecule has 5 atom stereocenters. The van der Waals surface area contributed by atoms with Crippen LogP contribution < -0.4 is 10.4 Å². The molecule has 26 heavy (non-hydrogen) atoms. The van der Waals surface area contributed by atoms with Crippen molar-refractivity contribution in [2.24, 2.45) is 11.8 Å². The minimum absolute atomic E-state index is 0.0809. The molecule has 4 bridgehead atoms. The van der Waals surface area contributed by atoms with E-state index in [1.807, 2.05) is 6.07 Å². The third-order valence-electron chi connectivity index (χ3n) is 6.93. The normalized spacial score (nSPS) is 39.5. The minimum atomic E-state index is -0.761. The van der Waals surface area contributed by atoms with Gasteiger partial charge >= 0.3 is 0 Å². The number of carbonyl (C=O) groups excluding carboxylic acids is 1. The summed E-state index contributed by atoms with van der Waals surface area (Å²) in [5, 5.41) is 14.9. The molecule has 6 heteroatoms. The number of anilines is 1. The van der Waals surface area contributed by atoms with E-state index >= 15 is 0 Å². The predicted molar refractivity (Wildman–Crippen MR) is 95.8 cm³/mol. The van der Waals surface area contributed by atoms with Crippen LogP contribution in [0.3, 0.4) is 0 Å². The van der Waals surface area contributed by atoms with E-state index in [0.717, 1.165) is 18.5 Å². The number of hydrogen-bond donors (Lipinski definition) is 2. The van der Waals surface area contributed by atoms with Crippen molar-refractivity contribution in [1.82, 2.24) is 5.32 Å². The van der Waals surface area contributed by atoms with Gasteiger partial charge in [-0.2, -0.15) is 5.06 Å². The summed E-state index contributed by atoms with van der Waals surface area (Å²) in [4.78, 5) is 19.0. The van der Waals surface area contributed by atoms with Crippen LogP contribution in [0.2, 0.25) is 0 Å². The molecule has 1 spiro atoms. The van der Waals surface area contributed by atoms with Crippen LogP contribution in [0.25, 0.3) is 0 Å². The molecule has 4 heterocycles. The first kappa shape index (κ1) is 16.3. The molecular formula is C20H24N2O4. The number of nitrogens with one attached hydrogen (secondary N) is 1. The first-order valence-electron chi connectivity index (χ1n) is 9.32. The first-order valence-corrected chi connectivity index (χ1v) is 9.32. The van der Waals surface area contributed by atoms with Gasteiger partial charge in [0.2, 0.25) is 0 Å². The number of benzene rings is 1. The maximum atomic E-state index is 13.6. The molecule has 1 aromatic rings. The Morgan fingerprint density at radius 1 is 1.46 bits per heavy atom. The average molecular weight is 356 g/mol. The van der Waals surface area contributed by atoms with Crippen LogP contribution in [0.1, 0.15) is 25.3 Å². The molecule has 3 saturated heterocycles. The van der Waals surface area contributed by atoms with E-state index in [1.165, 1.54) is 17.7 Å². The summed E-state index contributed by atoms with van der Waals surface area (Å²) in [5.41, 5.74) is 2.21. The van der Waals surface area contributed by atoms with Crippen LogP contribution in [-0.2, 0) is 19.8 Å². The summed E-state index contributed by atoms with van der Waals surface area (Å²) in [6.45, 7) is 3.66. The van der Waals surface area contributed by atoms with Crippen molar-refractivity contribution in [3.8, 4) is 5.75 Å². The molecule has 0 radical (unpaired) electrons. The number of carbonyl (C=O) groups is 1. The second-order valence-corrected chi connectivity index (χ2v) is 7.84. The summed E-state index contributed by atoms with van der Waals surface area (Å²) in [6, 6.07) is 5.36. The summed E-state index contributed by atoms with van der Waals surface area (Å²) in [7, 11) is 1.49. The number of nitrogens with zero attached hydrogens (tertiary/aromatic N) is 1. The largest absolute Gasteiger partial charge is 0.508 e. The zero-order valence-corrected chi connectivity index (χ0v) is 15.1. The molecule has 4 fully saturated rings. The fourth-order valence-corrected chi connectivity index (χ4v) is 5.69.